The molecule has 0 heterocycles. The second-order valence-corrected chi connectivity index (χ2v) is 5.46. The van der Waals surface area contributed by atoms with Crippen LogP contribution in [0, 0.1) is 5.82 Å². The van der Waals surface area contributed by atoms with Crippen molar-refractivity contribution in [1.29, 1.82) is 0 Å². The van der Waals surface area contributed by atoms with E-state index in [4.69, 9.17) is 9.47 Å². The Hall–Kier alpha value is -2.60. The number of amides is 1. The number of hydrogen-bond donors (Lipinski definition) is 2. The SMILES string of the molecule is COc1ccc(OC)c(NC(=O)CCNCCc2ccccc2F)c1. The van der Waals surface area contributed by atoms with Gasteiger partial charge >= 0.3 is 0 Å². The number of rotatable bonds is 9. The smallest absolute Gasteiger partial charge is 0.225 e. The zero-order valence-corrected chi connectivity index (χ0v) is 14.5. The fourth-order valence-corrected chi connectivity index (χ4v) is 2.38. The van der Waals surface area contributed by atoms with Crippen LogP contribution in [-0.2, 0) is 11.2 Å². The number of benzene rings is 2. The van der Waals surface area contributed by atoms with Gasteiger partial charge in [0.05, 0.1) is 19.9 Å². The number of ether oxygens (including phenoxy) is 2. The minimum Gasteiger partial charge on any atom is -0.497 e. The first kappa shape index (κ1) is 18.7. The largest absolute Gasteiger partial charge is 0.497 e. The van der Waals surface area contributed by atoms with E-state index >= 15 is 0 Å². The fourth-order valence-electron chi connectivity index (χ4n) is 2.38. The Labute approximate surface area is 147 Å². The van der Waals surface area contributed by atoms with Crippen molar-refractivity contribution in [2.75, 3.05) is 32.6 Å². The standard InChI is InChI=1S/C19H23FN2O3/c1-24-15-7-8-18(25-2)17(13-15)22-19(23)10-12-21-11-9-14-5-3-4-6-16(14)20/h3-8,13,21H,9-12H2,1-2H3,(H,22,23). The highest BCUT2D eigenvalue weighted by Crippen LogP contribution is 2.28. The van der Waals surface area contributed by atoms with Crippen LogP contribution in [0.25, 0.3) is 0 Å². The van der Waals surface area contributed by atoms with Crippen molar-refractivity contribution in [3.8, 4) is 11.5 Å². The van der Waals surface area contributed by atoms with Crippen molar-refractivity contribution >= 4 is 11.6 Å². The second-order valence-electron chi connectivity index (χ2n) is 5.46. The third-order valence-corrected chi connectivity index (χ3v) is 3.74. The van der Waals surface area contributed by atoms with E-state index < -0.39 is 0 Å². The summed E-state index contributed by atoms with van der Waals surface area (Å²) in [5, 5.41) is 5.96. The molecule has 0 radical (unpaired) electrons. The average molecular weight is 346 g/mol. The highest BCUT2D eigenvalue weighted by Gasteiger charge is 2.09. The van der Waals surface area contributed by atoms with Gasteiger partial charge in [-0.15, -0.1) is 0 Å². The molecule has 134 valence electrons. The van der Waals surface area contributed by atoms with Crippen LogP contribution in [0.4, 0.5) is 10.1 Å². The fraction of sp³-hybridized carbons (Fsp3) is 0.316. The van der Waals surface area contributed by atoms with Crippen LogP contribution in [0.3, 0.4) is 0 Å². The summed E-state index contributed by atoms with van der Waals surface area (Å²) in [5.41, 5.74) is 1.23. The number of nitrogens with one attached hydrogen (secondary N) is 2. The van der Waals surface area contributed by atoms with Crippen molar-refractivity contribution in [3.63, 3.8) is 0 Å². The lowest BCUT2D eigenvalue weighted by Crippen LogP contribution is -2.24. The summed E-state index contributed by atoms with van der Waals surface area (Å²) in [6.07, 6.45) is 0.885. The van der Waals surface area contributed by atoms with Gasteiger partial charge in [-0.25, -0.2) is 4.39 Å². The van der Waals surface area contributed by atoms with E-state index in [2.05, 4.69) is 10.6 Å². The molecular formula is C19H23FN2O3. The molecule has 0 aliphatic heterocycles. The van der Waals surface area contributed by atoms with Crippen LogP contribution in [0.2, 0.25) is 0 Å². The van der Waals surface area contributed by atoms with Gasteiger partial charge < -0.3 is 20.1 Å². The molecule has 2 N–H and O–H groups in total. The molecule has 0 atom stereocenters. The lowest BCUT2D eigenvalue weighted by atomic mass is 10.1. The van der Waals surface area contributed by atoms with E-state index in [1.54, 1.807) is 44.6 Å². The number of carbonyl (C=O) groups excluding carboxylic acids is 1. The molecule has 0 aliphatic carbocycles. The third kappa shape index (κ3) is 5.76. The summed E-state index contributed by atoms with van der Waals surface area (Å²) in [5.74, 6) is 0.873. The van der Waals surface area contributed by atoms with Crippen LogP contribution in [0.5, 0.6) is 11.5 Å². The molecule has 6 heteroatoms. The summed E-state index contributed by atoms with van der Waals surface area (Å²) in [7, 11) is 3.11. The maximum atomic E-state index is 13.5. The maximum Gasteiger partial charge on any atom is 0.225 e. The minimum atomic E-state index is -0.202. The van der Waals surface area contributed by atoms with E-state index in [9.17, 15) is 9.18 Å². The Morgan fingerprint density at radius 1 is 1.08 bits per heavy atom. The first-order valence-electron chi connectivity index (χ1n) is 8.10. The number of hydrogen-bond acceptors (Lipinski definition) is 4. The van der Waals surface area contributed by atoms with Crippen molar-refractivity contribution in [1.82, 2.24) is 5.32 Å². The molecule has 2 aromatic carbocycles. The van der Waals surface area contributed by atoms with Gasteiger partial charge in [0, 0.05) is 19.0 Å². The Morgan fingerprint density at radius 2 is 1.88 bits per heavy atom. The molecular weight excluding hydrogens is 323 g/mol. The van der Waals surface area contributed by atoms with Gasteiger partial charge in [-0.05, 0) is 36.7 Å². The van der Waals surface area contributed by atoms with Crippen molar-refractivity contribution in [3.05, 3.63) is 53.8 Å². The van der Waals surface area contributed by atoms with E-state index in [0.29, 0.717) is 48.7 Å². The maximum absolute atomic E-state index is 13.5. The molecule has 2 rings (SSSR count). The predicted octanol–water partition coefficient (Wildman–Crippen LogP) is 3.00. The molecule has 0 spiro atoms. The highest BCUT2D eigenvalue weighted by molar-refractivity contribution is 5.92. The molecule has 5 nitrogen and oxygen atoms in total. The van der Waals surface area contributed by atoms with Crippen LogP contribution in [-0.4, -0.2) is 33.2 Å². The van der Waals surface area contributed by atoms with Crippen LogP contribution in [0.1, 0.15) is 12.0 Å². The number of carbonyl (C=O) groups is 1. The van der Waals surface area contributed by atoms with E-state index in [1.807, 2.05) is 6.07 Å². The highest BCUT2D eigenvalue weighted by atomic mass is 19.1. The Morgan fingerprint density at radius 3 is 2.60 bits per heavy atom. The Bertz CT molecular complexity index is 707. The minimum absolute atomic E-state index is 0.134. The van der Waals surface area contributed by atoms with Gasteiger partial charge in [0.1, 0.15) is 17.3 Å². The molecule has 0 bridgehead atoms. The lowest BCUT2D eigenvalue weighted by molar-refractivity contribution is -0.116. The molecule has 0 aromatic heterocycles. The molecule has 1 amide bonds. The summed E-state index contributed by atoms with van der Waals surface area (Å²) < 4.78 is 23.9. The molecule has 0 saturated heterocycles. The normalized spacial score (nSPS) is 10.4. The quantitative estimate of drug-likeness (QED) is 0.685. The second kappa shape index (κ2) is 9.64. The Balaban J connectivity index is 1.75. The van der Waals surface area contributed by atoms with Gasteiger partial charge in [0.25, 0.3) is 0 Å². The van der Waals surface area contributed by atoms with E-state index in [1.165, 1.54) is 6.07 Å². The molecule has 2 aromatic rings. The average Bonchev–Trinajstić information content (AvgIpc) is 2.62. The first-order valence-corrected chi connectivity index (χ1v) is 8.10. The summed E-state index contributed by atoms with van der Waals surface area (Å²) in [6.45, 7) is 1.11. The Kier molecular flexibility index (Phi) is 7.22. The van der Waals surface area contributed by atoms with Gasteiger partial charge in [0.2, 0.25) is 5.91 Å². The summed E-state index contributed by atoms with van der Waals surface area (Å²) >= 11 is 0. The van der Waals surface area contributed by atoms with Gasteiger partial charge in [-0.3, -0.25) is 4.79 Å². The number of halogens is 1. The predicted molar refractivity (Wildman–Crippen MR) is 95.8 cm³/mol. The van der Waals surface area contributed by atoms with Gasteiger partial charge in [0.15, 0.2) is 0 Å². The zero-order chi connectivity index (χ0) is 18.1. The summed E-state index contributed by atoms with van der Waals surface area (Å²) in [4.78, 5) is 12.1. The number of anilines is 1. The van der Waals surface area contributed by atoms with Crippen LogP contribution in [0.15, 0.2) is 42.5 Å². The van der Waals surface area contributed by atoms with E-state index in [0.717, 1.165) is 0 Å². The van der Waals surface area contributed by atoms with Crippen molar-refractivity contribution in [2.24, 2.45) is 0 Å². The summed E-state index contributed by atoms with van der Waals surface area (Å²) in [6, 6.07) is 11.9. The lowest BCUT2D eigenvalue weighted by Gasteiger charge is -2.12. The monoisotopic (exact) mass is 346 g/mol. The number of methoxy groups -OCH3 is 2. The molecule has 0 fully saturated rings. The van der Waals surface area contributed by atoms with Crippen molar-refractivity contribution < 1.29 is 18.7 Å². The van der Waals surface area contributed by atoms with Gasteiger partial charge in [-0.2, -0.15) is 0 Å². The zero-order valence-electron chi connectivity index (χ0n) is 14.5. The molecule has 0 unspecified atom stereocenters. The molecule has 0 aliphatic rings. The van der Waals surface area contributed by atoms with Crippen LogP contribution < -0.4 is 20.1 Å². The first-order chi connectivity index (χ1) is 12.1. The molecule has 0 saturated carbocycles. The van der Waals surface area contributed by atoms with E-state index in [-0.39, 0.29) is 11.7 Å². The van der Waals surface area contributed by atoms with Crippen LogP contribution >= 0.6 is 0 Å². The molecule has 25 heavy (non-hydrogen) atoms. The third-order valence-electron chi connectivity index (χ3n) is 3.74. The van der Waals surface area contributed by atoms with Gasteiger partial charge in [-0.1, -0.05) is 18.2 Å². The topological polar surface area (TPSA) is 59.6 Å². The van der Waals surface area contributed by atoms with Crippen molar-refractivity contribution in [2.45, 2.75) is 12.8 Å².